The van der Waals surface area contributed by atoms with Crippen LogP contribution >= 0.6 is 0 Å². The minimum Gasteiger partial charge on any atom is -0.452 e. The van der Waals surface area contributed by atoms with E-state index in [0.29, 0.717) is 11.3 Å². The molecule has 1 fully saturated rings. The summed E-state index contributed by atoms with van der Waals surface area (Å²) in [6, 6.07) is 6.86. The van der Waals surface area contributed by atoms with Crippen molar-refractivity contribution in [3.05, 3.63) is 29.8 Å². The minimum atomic E-state index is -0.499. The third-order valence-electron chi connectivity index (χ3n) is 3.95. The molecule has 5 heteroatoms. The van der Waals surface area contributed by atoms with E-state index >= 15 is 0 Å². The molecular formula is C16H22N2O3. The van der Waals surface area contributed by atoms with E-state index in [1.807, 2.05) is 18.7 Å². The molecule has 114 valence electrons. The van der Waals surface area contributed by atoms with Gasteiger partial charge >= 0.3 is 5.97 Å². The second-order valence-electron chi connectivity index (χ2n) is 5.63. The van der Waals surface area contributed by atoms with E-state index in [4.69, 9.17) is 10.5 Å². The Bertz CT molecular complexity index is 503. The Kier molecular flexibility index (Phi) is 4.83. The van der Waals surface area contributed by atoms with E-state index in [9.17, 15) is 9.59 Å². The molecule has 0 aliphatic carbocycles. The van der Waals surface area contributed by atoms with E-state index in [1.54, 1.807) is 24.3 Å². The Balaban J connectivity index is 1.91. The topological polar surface area (TPSA) is 72.6 Å². The maximum Gasteiger partial charge on any atom is 0.338 e. The first-order chi connectivity index (χ1) is 9.99. The molecule has 1 saturated heterocycles. The van der Waals surface area contributed by atoms with Gasteiger partial charge < -0.3 is 15.4 Å². The van der Waals surface area contributed by atoms with Crippen molar-refractivity contribution < 1.29 is 14.3 Å². The zero-order valence-corrected chi connectivity index (χ0v) is 12.5. The number of amides is 1. The summed E-state index contributed by atoms with van der Waals surface area (Å²) in [5.74, 6) is -0.626. The highest BCUT2D eigenvalue weighted by molar-refractivity contribution is 5.91. The quantitative estimate of drug-likeness (QED) is 0.684. The van der Waals surface area contributed by atoms with Crippen molar-refractivity contribution >= 4 is 17.6 Å². The number of benzene rings is 1. The molecule has 0 aromatic heterocycles. The predicted octanol–water partition coefficient (Wildman–Crippen LogP) is 2.22. The number of esters is 1. The summed E-state index contributed by atoms with van der Waals surface area (Å²) in [6.45, 7) is 3.86. The van der Waals surface area contributed by atoms with Crippen LogP contribution in [0, 0.1) is 0 Å². The van der Waals surface area contributed by atoms with Crippen LogP contribution in [0.1, 0.15) is 43.5 Å². The monoisotopic (exact) mass is 290 g/mol. The molecule has 1 aromatic rings. The van der Waals surface area contributed by atoms with E-state index in [0.717, 1.165) is 19.3 Å². The molecule has 21 heavy (non-hydrogen) atoms. The Morgan fingerprint density at radius 2 is 1.76 bits per heavy atom. The summed E-state index contributed by atoms with van der Waals surface area (Å²) in [4.78, 5) is 25.9. The maximum atomic E-state index is 12.2. The first-order valence-corrected chi connectivity index (χ1v) is 7.33. The Morgan fingerprint density at radius 3 is 2.33 bits per heavy atom. The van der Waals surface area contributed by atoms with Gasteiger partial charge in [-0.2, -0.15) is 0 Å². The van der Waals surface area contributed by atoms with Gasteiger partial charge in [0.15, 0.2) is 6.61 Å². The molecule has 2 atom stereocenters. The first-order valence-electron chi connectivity index (χ1n) is 7.33. The van der Waals surface area contributed by atoms with Gasteiger partial charge in [-0.3, -0.25) is 4.79 Å². The smallest absolute Gasteiger partial charge is 0.338 e. The lowest BCUT2D eigenvalue weighted by atomic mass is 9.97. The van der Waals surface area contributed by atoms with Gasteiger partial charge in [-0.15, -0.1) is 0 Å². The van der Waals surface area contributed by atoms with Gasteiger partial charge in [0.25, 0.3) is 5.91 Å². The molecular weight excluding hydrogens is 268 g/mol. The molecule has 0 bridgehead atoms. The highest BCUT2D eigenvalue weighted by Gasteiger charge is 2.29. The highest BCUT2D eigenvalue weighted by atomic mass is 16.5. The fraction of sp³-hybridized carbons (Fsp3) is 0.500. The van der Waals surface area contributed by atoms with Crippen LogP contribution in [0.4, 0.5) is 5.69 Å². The van der Waals surface area contributed by atoms with Crippen molar-refractivity contribution in [1.29, 1.82) is 0 Å². The lowest BCUT2D eigenvalue weighted by molar-refractivity contribution is -0.140. The Labute approximate surface area is 125 Å². The zero-order valence-electron chi connectivity index (χ0n) is 12.5. The van der Waals surface area contributed by atoms with Crippen LogP contribution in [0.25, 0.3) is 0 Å². The molecule has 2 rings (SSSR count). The van der Waals surface area contributed by atoms with Gasteiger partial charge in [0.2, 0.25) is 0 Å². The summed E-state index contributed by atoms with van der Waals surface area (Å²) in [5.41, 5.74) is 6.55. The lowest BCUT2D eigenvalue weighted by Gasteiger charge is -2.38. The number of anilines is 1. The van der Waals surface area contributed by atoms with Crippen molar-refractivity contribution in [3.63, 3.8) is 0 Å². The van der Waals surface area contributed by atoms with E-state index < -0.39 is 5.97 Å². The molecule has 1 heterocycles. The minimum absolute atomic E-state index is 0.126. The standard InChI is InChI=1S/C16H22N2O3/c1-11-4-3-5-12(2)18(11)15(19)10-21-16(20)13-6-8-14(17)9-7-13/h6-9,11-12H,3-5,10,17H2,1-2H3/t11-,12+. The second-order valence-corrected chi connectivity index (χ2v) is 5.63. The average Bonchev–Trinajstić information content (AvgIpc) is 2.45. The maximum absolute atomic E-state index is 12.2. The van der Waals surface area contributed by atoms with E-state index in [1.165, 1.54) is 0 Å². The van der Waals surface area contributed by atoms with Crippen molar-refractivity contribution in [1.82, 2.24) is 4.90 Å². The van der Waals surface area contributed by atoms with Gasteiger partial charge in [-0.05, 0) is 57.4 Å². The third kappa shape index (κ3) is 3.74. The summed E-state index contributed by atoms with van der Waals surface area (Å²) in [7, 11) is 0. The van der Waals surface area contributed by atoms with Gasteiger partial charge in [0.1, 0.15) is 0 Å². The van der Waals surface area contributed by atoms with Crippen molar-refractivity contribution in [2.75, 3.05) is 12.3 Å². The fourth-order valence-corrected chi connectivity index (χ4v) is 2.82. The summed E-state index contributed by atoms with van der Waals surface area (Å²) in [5, 5.41) is 0. The number of ether oxygens (including phenoxy) is 1. The van der Waals surface area contributed by atoms with Crippen molar-refractivity contribution in [2.45, 2.75) is 45.2 Å². The van der Waals surface area contributed by atoms with Crippen LogP contribution in [-0.4, -0.2) is 35.5 Å². The van der Waals surface area contributed by atoms with Gasteiger partial charge in [-0.25, -0.2) is 4.79 Å². The normalized spacial score (nSPS) is 21.9. The van der Waals surface area contributed by atoms with Gasteiger partial charge in [0, 0.05) is 17.8 Å². The highest BCUT2D eigenvalue weighted by Crippen LogP contribution is 2.22. The van der Waals surface area contributed by atoms with Crippen LogP contribution in [0.15, 0.2) is 24.3 Å². The number of carbonyl (C=O) groups is 2. The van der Waals surface area contributed by atoms with Crippen LogP contribution in [0.5, 0.6) is 0 Å². The van der Waals surface area contributed by atoms with E-state index in [2.05, 4.69) is 0 Å². The van der Waals surface area contributed by atoms with Crippen molar-refractivity contribution in [2.24, 2.45) is 0 Å². The zero-order chi connectivity index (χ0) is 15.4. The molecule has 5 nitrogen and oxygen atoms in total. The molecule has 0 radical (unpaired) electrons. The van der Waals surface area contributed by atoms with Gasteiger partial charge in [-0.1, -0.05) is 0 Å². The largest absolute Gasteiger partial charge is 0.452 e. The molecule has 1 aliphatic heterocycles. The third-order valence-corrected chi connectivity index (χ3v) is 3.95. The number of nitrogen functional groups attached to an aromatic ring is 1. The lowest BCUT2D eigenvalue weighted by Crippen LogP contribution is -2.49. The Hall–Kier alpha value is -2.04. The van der Waals surface area contributed by atoms with Crippen LogP contribution in [0.2, 0.25) is 0 Å². The van der Waals surface area contributed by atoms with Crippen molar-refractivity contribution in [3.8, 4) is 0 Å². The number of carbonyl (C=O) groups excluding carboxylic acids is 2. The summed E-state index contributed by atoms with van der Waals surface area (Å²) >= 11 is 0. The number of hydrogen-bond donors (Lipinski definition) is 1. The molecule has 0 saturated carbocycles. The number of rotatable bonds is 3. The number of piperidine rings is 1. The Morgan fingerprint density at radius 1 is 1.19 bits per heavy atom. The van der Waals surface area contributed by atoms with Gasteiger partial charge in [0.05, 0.1) is 5.56 Å². The molecule has 0 unspecified atom stereocenters. The number of hydrogen-bond acceptors (Lipinski definition) is 4. The fourth-order valence-electron chi connectivity index (χ4n) is 2.82. The summed E-state index contributed by atoms with van der Waals surface area (Å²) < 4.78 is 5.11. The summed E-state index contributed by atoms with van der Waals surface area (Å²) in [6.07, 6.45) is 3.14. The first kappa shape index (κ1) is 15.4. The molecule has 2 N–H and O–H groups in total. The second kappa shape index (κ2) is 6.61. The molecule has 1 aliphatic rings. The van der Waals surface area contributed by atoms with Crippen LogP contribution in [0.3, 0.4) is 0 Å². The average molecular weight is 290 g/mol. The molecule has 1 amide bonds. The number of nitrogens with two attached hydrogens (primary N) is 1. The number of likely N-dealkylation sites (tertiary alicyclic amines) is 1. The number of nitrogens with zero attached hydrogens (tertiary/aromatic N) is 1. The predicted molar refractivity (Wildman–Crippen MR) is 80.8 cm³/mol. The molecule has 1 aromatic carbocycles. The van der Waals surface area contributed by atoms with Crippen LogP contribution < -0.4 is 5.73 Å². The molecule has 0 spiro atoms. The van der Waals surface area contributed by atoms with E-state index in [-0.39, 0.29) is 24.6 Å². The SMILES string of the molecule is C[C@@H]1CCC[C@H](C)N1C(=O)COC(=O)c1ccc(N)cc1. The van der Waals surface area contributed by atoms with Crippen LogP contribution in [-0.2, 0) is 9.53 Å².